The number of hydrogen-bond acceptors (Lipinski definition) is 2. The van der Waals surface area contributed by atoms with Gasteiger partial charge >= 0.3 is 0 Å². The Morgan fingerprint density at radius 1 is 1.09 bits per heavy atom. The Balaban J connectivity index is 1.82. The van der Waals surface area contributed by atoms with Gasteiger partial charge in [0.1, 0.15) is 7.28 Å². The van der Waals surface area contributed by atoms with E-state index in [1.54, 1.807) is 19.9 Å². The van der Waals surface area contributed by atoms with Crippen molar-refractivity contribution in [3.05, 3.63) is 76.4 Å². The summed E-state index contributed by atoms with van der Waals surface area (Å²) in [5.41, 5.74) is 0.424. The van der Waals surface area contributed by atoms with Crippen molar-refractivity contribution in [3.8, 4) is 0 Å². The zero-order valence-electron chi connectivity index (χ0n) is 19.7. The van der Waals surface area contributed by atoms with Crippen molar-refractivity contribution in [2.75, 3.05) is 19.8 Å². The van der Waals surface area contributed by atoms with E-state index < -0.39 is 46.3 Å². The summed E-state index contributed by atoms with van der Waals surface area (Å²) in [5, 5.41) is -1.15. The molecule has 0 N–H and O–H groups in total. The predicted octanol–water partition coefficient (Wildman–Crippen LogP) is 6.26. The van der Waals surface area contributed by atoms with E-state index in [9.17, 15) is 8.78 Å². The summed E-state index contributed by atoms with van der Waals surface area (Å²) in [5.74, 6) is -5.60. The first-order valence-electron chi connectivity index (χ1n) is 11.3. The van der Waals surface area contributed by atoms with E-state index in [4.69, 9.17) is 9.47 Å². The minimum Gasteiger partial charge on any atom is -0.380 e. The van der Waals surface area contributed by atoms with Crippen LogP contribution >= 0.6 is 0 Å². The van der Waals surface area contributed by atoms with E-state index in [0.717, 1.165) is 17.5 Å². The van der Waals surface area contributed by atoms with Crippen LogP contribution in [0.2, 0.25) is 0 Å². The molecule has 0 aliphatic carbocycles. The van der Waals surface area contributed by atoms with Crippen LogP contribution in [0.3, 0.4) is 0 Å². The number of halogens is 4. The molecule has 1 heterocycles. The molecule has 7 heteroatoms. The Bertz CT molecular complexity index is 966. The number of rotatable bonds is 10. The van der Waals surface area contributed by atoms with Crippen LogP contribution in [-0.4, -0.2) is 27.1 Å². The van der Waals surface area contributed by atoms with Crippen molar-refractivity contribution < 1.29 is 27.0 Å². The molecule has 1 atom stereocenters. The highest BCUT2D eigenvalue weighted by Crippen LogP contribution is 2.36. The first-order chi connectivity index (χ1) is 15.5. The average Bonchev–Trinajstić information content (AvgIpc) is 2.76. The van der Waals surface area contributed by atoms with Crippen molar-refractivity contribution in [3.63, 3.8) is 0 Å². The van der Waals surface area contributed by atoms with Crippen molar-refractivity contribution in [1.82, 2.24) is 0 Å². The molecule has 1 saturated heterocycles. The van der Waals surface area contributed by atoms with Crippen LogP contribution in [-0.2, 0) is 21.4 Å². The lowest BCUT2D eigenvalue weighted by Crippen LogP contribution is -2.45. The third-order valence-corrected chi connectivity index (χ3v) is 6.81. The molecule has 178 valence electrons. The summed E-state index contributed by atoms with van der Waals surface area (Å²) in [6.45, 7) is 11.5. The zero-order valence-corrected chi connectivity index (χ0v) is 19.7. The smallest absolute Gasteiger partial charge is 0.167 e. The molecule has 2 aromatic rings. The Morgan fingerprint density at radius 3 is 2.12 bits per heavy atom. The lowest BCUT2D eigenvalue weighted by atomic mass is 9.44. The largest absolute Gasteiger partial charge is 0.380 e. The first-order valence-corrected chi connectivity index (χ1v) is 11.3. The summed E-state index contributed by atoms with van der Waals surface area (Å²) in [7, 11) is 0.294. The molecular formula is C26H31BF4O2. The monoisotopic (exact) mass is 462 g/mol. The normalized spacial score (nSPS) is 16.2. The van der Waals surface area contributed by atoms with Crippen LogP contribution in [0.25, 0.3) is 6.08 Å². The van der Waals surface area contributed by atoms with E-state index in [0.29, 0.717) is 20.5 Å². The number of ether oxygens (including phenoxy) is 2. The van der Waals surface area contributed by atoms with E-state index in [1.807, 2.05) is 38.1 Å². The van der Waals surface area contributed by atoms with Gasteiger partial charge in [-0.25, -0.2) is 17.6 Å². The molecule has 0 saturated carbocycles. The van der Waals surface area contributed by atoms with Crippen LogP contribution in [0.4, 0.5) is 17.6 Å². The average molecular weight is 462 g/mol. The fourth-order valence-electron chi connectivity index (χ4n) is 4.49. The standard InChI is InChI=1S/C26H31BF4O2/c1-6-17-8-10-18(11-9-17)16(3)27-25(4,5)20-23(30)21(28)19(22(29)24(20)31)12-32-13-26(7-2)14-33-15-26/h6,8-11,16,27H,1,7,12-15H2,2-5H3. The van der Waals surface area contributed by atoms with Gasteiger partial charge < -0.3 is 9.47 Å². The van der Waals surface area contributed by atoms with Gasteiger partial charge in [0.2, 0.25) is 0 Å². The van der Waals surface area contributed by atoms with Gasteiger partial charge in [0, 0.05) is 11.0 Å². The molecule has 1 aliphatic rings. The second-order valence-electron chi connectivity index (χ2n) is 9.81. The molecular weight excluding hydrogens is 431 g/mol. The van der Waals surface area contributed by atoms with Crippen molar-refractivity contribution >= 4 is 13.4 Å². The predicted molar refractivity (Wildman–Crippen MR) is 125 cm³/mol. The minimum atomic E-state index is -1.39. The van der Waals surface area contributed by atoms with Crippen LogP contribution < -0.4 is 0 Å². The Hall–Kier alpha value is -2.12. The van der Waals surface area contributed by atoms with Crippen LogP contribution in [0.15, 0.2) is 30.8 Å². The third kappa shape index (κ3) is 5.19. The SMILES string of the molecule is C=Cc1ccc(C(C)BC(C)(C)c2c(F)c(F)c(COCC3(CC)COC3)c(F)c2F)cc1. The van der Waals surface area contributed by atoms with Gasteiger partial charge in [0.15, 0.2) is 23.3 Å². The lowest BCUT2D eigenvalue weighted by molar-refractivity contribution is -0.152. The molecule has 0 amide bonds. The lowest BCUT2D eigenvalue weighted by Gasteiger charge is -2.40. The topological polar surface area (TPSA) is 18.5 Å². The van der Waals surface area contributed by atoms with Crippen molar-refractivity contribution in [2.45, 2.75) is 51.9 Å². The molecule has 1 fully saturated rings. The van der Waals surface area contributed by atoms with Gasteiger partial charge in [-0.2, -0.15) is 0 Å². The Morgan fingerprint density at radius 2 is 1.67 bits per heavy atom. The van der Waals surface area contributed by atoms with E-state index in [-0.39, 0.29) is 17.8 Å². The van der Waals surface area contributed by atoms with Crippen molar-refractivity contribution in [1.29, 1.82) is 0 Å². The second-order valence-corrected chi connectivity index (χ2v) is 9.81. The van der Waals surface area contributed by atoms with E-state index in [1.165, 1.54) is 0 Å². The molecule has 1 unspecified atom stereocenters. The fraction of sp³-hybridized carbons (Fsp3) is 0.462. The maximum absolute atomic E-state index is 15.1. The van der Waals surface area contributed by atoms with Gasteiger partial charge in [-0.15, -0.1) is 0 Å². The third-order valence-electron chi connectivity index (χ3n) is 6.81. The Kier molecular flexibility index (Phi) is 7.74. The van der Waals surface area contributed by atoms with Crippen molar-refractivity contribution in [2.24, 2.45) is 5.41 Å². The molecule has 0 aromatic heterocycles. The summed E-state index contributed by atoms with van der Waals surface area (Å²) in [6.07, 6.45) is 2.50. The van der Waals surface area contributed by atoms with Crippen LogP contribution in [0.1, 0.15) is 62.2 Å². The van der Waals surface area contributed by atoms with Gasteiger partial charge in [-0.1, -0.05) is 70.2 Å². The summed E-state index contributed by atoms with van der Waals surface area (Å²) >= 11 is 0. The maximum Gasteiger partial charge on any atom is 0.167 e. The van der Waals surface area contributed by atoms with Crippen LogP contribution in [0.5, 0.6) is 0 Å². The van der Waals surface area contributed by atoms with Gasteiger partial charge in [0.25, 0.3) is 0 Å². The number of benzene rings is 2. The molecule has 3 rings (SSSR count). The fourth-order valence-corrected chi connectivity index (χ4v) is 4.49. The molecule has 1 aliphatic heterocycles. The molecule has 33 heavy (non-hydrogen) atoms. The highest BCUT2D eigenvalue weighted by Gasteiger charge is 2.38. The Labute approximate surface area is 194 Å². The van der Waals surface area contributed by atoms with Gasteiger partial charge in [-0.05, 0) is 23.1 Å². The minimum absolute atomic E-state index is 0.0956. The molecule has 0 spiro atoms. The molecule has 0 radical (unpaired) electrons. The van der Waals surface area contributed by atoms with Gasteiger partial charge in [-0.3, -0.25) is 0 Å². The second kappa shape index (κ2) is 10.0. The summed E-state index contributed by atoms with van der Waals surface area (Å²) in [6, 6.07) is 7.64. The molecule has 2 aromatic carbocycles. The summed E-state index contributed by atoms with van der Waals surface area (Å²) in [4.78, 5) is 0. The quantitative estimate of drug-likeness (QED) is 0.236. The molecule has 2 nitrogen and oxygen atoms in total. The highest BCUT2D eigenvalue weighted by molar-refractivity contribution is 6.42. The zero-order chi connectivity index (χ0) is 24.4. The van der Waals surface area contributed by atoms with Crippen LogP contribution in [0, 0.1) is 28.7 Å². The highest BCUT2D eigenvalue weighted by atomic mass is 19.2. The van der Waals surface area contributed by atoms with Gasteiger partial charge in [0.05, 0.1) is 32.0 Å². The van der Waals surface area contributed by atoms with E-state index in [2.05, 4.69) is 6.58 Å². The first kappa shape index (κ1) is 25.5. The van der Waals surface area contributed by atoms with E-state index >= 15 is 8.78 Å². The number of hydrogen-bond donors (Lipinski definition) is 0. The summed E-state index contributed by atoms with van der Waals surface area (Å²) < 4.78 is 70.6. The molecule has 0 bridgehead atoms. The maximum atomic E-state index is 15.1.